The van der Waals surface area contributed by atoms with Crippen LogP contribution in [0.25, 0.3) is 0 Å². The van der Waals surface area contributed by atoms with E-state index in [1.54, 1.807) is 6.20 Å². The molecule has 0 saturated heterocycles. The summed E-state index contributed by atoms with van der Waals surface area (Å²) in [4.78, 5) is 4.16. The minimum atomic E-state index is 0.485. The number of halogens is 3. The minimum Gasteiger partial charge on any atom is -0.436 e. The van der Waals surface area contributed by atoms with Crippen LogP contribution in [0.4, 0.5) is 0 Å². The number of aromatic nitrogens is 1. The standard InChI is InChI=1S/C12H8Br2ClNO/c1-7-2-3-11(10(15)4-7)17-12-9(14)5-8(13)6-16-12/h2-6H,1H3. The quantitative estimate of drug-likeness (QED) is 0.703. The Labute approximate surface area is 121 Å². The van der Waals surface area contributed by atoms with Crippen LogP contribution in [0.15, 0.2) is 39.4 Å². The molecule has 0 spiro atoms. The zero-order valence-electron chi connectivity index (χ0n) is 8.88. The third-order valence-electron chi connectivity index (χ3n) is 2.07. The van der Waals surface area contributed by atoms with Crippen molar-refractivity contribution in [2.45, 2.75) is 6.92 Å². The second-order valence-electron chi connectivity index (χ2n) is 3.48. The Balaban J connectivity index is 2.31. The monoisotopic (exact) mass is 375 g/mol. The van der Waals surface area contributed by atoms with Crippen LogP contribution in [-0.4, -0.2) is 4.98 Å². The molecule has 1 heterocycles. The number of ether oxygens (including phenoxy) is 1. The highest BCUT2D eigenvalue weighted by atomic mass is 79.9. The lowest BCUT2D eigenvalue weighted by Gasteiger charge is -2.08. The number of benzene rings is 1. The first kappa shape index (κ1) is 12.9. The van der Waals surface area contributed by atoms with Gasteiger partial charge in [-0.15, -0.1) is 0 Å². The molecule has 0 aliphatic heterocycles. The number of hydrogen-bond acceptors (Lipinski definition) is 2. The molecule has 1 aromatic carbocycles. The zero-order chi connectivity index (χ0) is 12.4. The highest BCUT2D eigenvalue weighted by Gasteiger charge is 2.08. The van der Waals surface area contributed by atoms with E-state index in [1.165, 1.54) is 0 Å². The van der Waals surface area contributed by atoms with Crippen LogP contribution in [0.1, 0.15) is 5.56 Å². The molecule has 88 valence electrons. The Hall–Kier alpha value is -0.580. The van der Waals surface area contributed by atoms with E-state index < -0.39 is 0 Å². The van der Waals surface area contributed by atoms with Gasteiger partial charge in [-0.2, -0.15) is 0 Å². The molecule has 0 saturated carbocycles. The maximum Gasteiger partial charge on any atom is 0.233 e. The molecule has 0 bridgehead atoms. The van der Waals surface area contributed by atoms with Gasteiger partial charge in [-0.25, -0.2) is 4.98 Å². The predicted molar refractivity (Wildman–Crippen MR) is 75.9 cm³/mol. The molecule has 0 amide bonds. The number of nitrogens with zero attached hydrogens (tertiary/aromatic N) is 1. The van der Waals surface area contributed by atoms with E-state index in [-0.39, 0.29) is 0 Å². The number of aryl methyl sites for hydroxylation is 1. The van der Waals surface area contributed by atoms with Crippen LogP contribution in [0, 0.1) is 6.92 Å². The Bertz CT molecular complexity index is 511. The van der Waals surface area contributed by atoms with E-state index in [1.807, 2.05) is 31.2 Å². The van der Waals surface area contributed by atoms with Crippen molar-refractivity contribution >= 4 is 43.5 Å². The predicted octanol–water partition coefficient (Wildman–Crippen LogP) is 5.36. The molecule has 0 atom stereocenters. The second kappa shape index (κ2) is 5.38. The summed E-state index contributed by atoms with van der Waals surface area (Å²) < 4.78 is 7.29. The lowest BCUT2D eigenvalue weighted by molar-refractivity contribution is 0.459. The minimum absolute atomic E-state index is 0.485. The lowest BCUT2D eigenvalue weighted by Crippen LogP contribution is -1.90. The first-order valence-electron chi connectivity index (χ1n) is 4.81. The smallest absolute Gasteiger partial charge is 0.233 e. The number of hydrogen-bond donors (Lipinski definition) is 0. The fraction of sp³-hybridized carbons (Fsp3) is 0.0833. The average Bonchev–Trinajstić information content (AvgIpc) is 2.25. The van der Waals surface area contributed by atoms with Crippen LogP contribution >= 0.6 is 43.5 Å². The second-order valence-corrected chi connectivity index (χ2v) is 5.65. The molecular weight excluding hydrogens is 369 g/mol. The molecule has 0 fully saturated rings. The topological polar surface area (TPSA) is 22.1 Å². The summed E-state index contributed by atoms with van der Waals surface area (Å²) in [5.74, 6) is 1.08. The van der Waals surface area contributed by atoms with Crippen molar-refractivity contribution in [1.29, 1.82) is 0 Å². The Morgan fingerprint density at radius 1 is 1.24 bits per heavy atom. The first-order valence-corrected chi connectivity index (χ1v) is 6.78. The fourth-order valence-corrected chi connectivity index (χ4v) is 2.61. The third kappa shape index (κ3) is 3.21. The van der Waals surface area contributed by atoms with Crippen molar-refractivity contribution in [3.8, 4) is 11.6 Å². The molecule has 0 aliphatic carbocycles. The molecule has 2 rings (SSSR count). The SMILES string of the molecule is Cc1ccc(Oc2ncc(Br)cc2Br)c(Cl)c1. The van der Waals surface area contributed by atoms with E-state index in [0.29, 0.717) is 16.7 Å². The fourth-order valence-electron chi connectivity index (χ4n) is 1.27. The number of rotatable bonds is 2. The van der Waals surface area contributed by atoms with E-state index >= 15 is 0 Å². The summed E-state index contributed by atoms with van der Waals surface area (Å²) >= 11 is 12.8. The van der Waals surface area contributed by atoms with Crippen LogP contribution < -0.4 is 4.74 Å². The van der Waals surface area contributed by atoms with Gasteiger partial charge in [0.25, 0.3) is 0 Å². The van der Waals surface area contributed by atoms with Gasteiger partial charge in [0.2, 0.25) is 5.88 Å². The molecule has 17 heavy (non-hydrogen) atoms. The van der Waals surface area contributed by atoms with Crippen molar-refractivity contribution in [2.24, 2.45) is 0 Å². The Kier molecular flexibility index (Phi) is 4.07. The van der Waals surface area contributed by atoms with E-state index in [0.717, 1.165) is 14.5 Å². The highest BCUT2D eigenvalue weighted by molar-refractivity contribution is 9.11. The molecule has 2 aromatic rings. The van der Waals surface area contributed by atoms with Crippen LogP contribution in [-0.2, 0) is 0 Å². The molecule has 0 radical (unpaired) electrons. The van der Waals surface area contributed by atoms with Crippen LogP contribution in [0.5, 0.6) is 11.6 Å². The molecule has 0 unspecified atom stereocenters. The Morgan fingerprint density at radius 3 is 2.65 bits per heavy atom. The zero-order valence-corrected chi connectivity index (χ0v) is 12.8. The third-order valence-corrected chi connectivity index (χ3v) is 3.37. The van der Waals surface area contributed by atoms with E-state index in [9.17, 15) is 0 Å². The maximum absolute atomic E-state index is 6.09. The molecule has 0 N–H and O–H groups in total. The highest BCUT2D eigenvalue weighted by Crippen LogP contribution is 2.33. The van der Waals surface area contributed by atoms with Crippen molar-refractivity contribution in [3.63, 3.8) is 0 Å². The average molecular weight is 377 g/mol. The van der Waals surface area contributed by atoms with Crippen LogP contribution in [0.2, 0.25) is 5.02 Å². The largest absolute Gasteiger partial charge is 0.436 e. The molecule has 1 aromatic heterocycles. The normalized spacial score (nSPS) is 10.4. The van der Waals surface area contributed by atoms with Gasteiger partial charge < -0.3 is 4.74 Å². The Morgan fingerprint density at radius 2 is 2.00 bits per heavy atom. The van der Waals surface area contributed by atoms with Crippen molar-refractivity contribution < 1.29 is 4.74 Å². The first-order chi connectivity index (χ1) is 8.06. The van der Waals surface area contributed by atoms with Gasteiger partial charge >= 0.3 is 0 Å². The summed E-state index contributed by atoms with van der Waals surface area (Å²) in [5, 5.41) is 0.571. The van der Waals surface area contributed by atoms with Gasteiger partial charge in [-0.3, -0.25) is 0 Å². The summed E-state index contributed by atoms with van der Waals surface area (Å²) in [7, 11) is 0. The van der Waals surface area contributed by atoms with Crippen molar-refractivity contribution in [3.05, 3.63) is 50.0 Å². The van der Waals surface area contributed by atoms with E-state index in [4.69, 9.17) is 16.3 Å². The van der Waals surface area contributed by atoms with Gasteiger partial charge in [0.15, 0.2) is 0 Å². The maximum atomic E-state index is 6.09. The molecular formula is C12H8Br2ClNO. The van der Waals surface area contributed by atoms with Gasteiger partial charge in [-0.1, -0.05) is 17.7 Å². The lowest BCUT2D eigenvalue weighted by atomic mass is 10.2. The summed E-state index contributed by atoms with van der Waals surface area (Å²) in [6.07, 6.45) is 1.67. The van der Waals surface area contributed by atoms with Crippen LogP contribution in [0.3, 0.4) is 0 Å². The van der Waals surface area contributed by atoms with E-state index in [2.05, 4.69) is 36.8 Å². The summed E-state index contributed by atoms with van der Waals surface area (Å²) in [6, 6.07) is 7.48. The van der Waals surface area contributed by atoms with Crippen molar-refractivity contribution in [1.82, 2.24) is 4.98 Å². The summed E-state index contributed by atoms with van der Waals surface area (Å²) in [6.45, 7) is 1.98. The molecule has 5 heteroatoms. The van der Waals surface area contributed by atoms with Gasteiger partial charge in [-0.05, 0) is 62.5 Å². The van der Waals surface area contributed by atoms with Gasteiger partial charge in [0, 0.05) is 10.7 Å². The van der Waals surface area contributed by atoms with Crippen molar-refractivity contribution in [2.75, 3.05) is 0 Å². The van der Waals surface area contributed by atoms with Gasteiger partial charge in [0.05, 0.1) is 9.50 Å². The molecule has 2 nitrogen and oxygen atoms in total. The van der Waals surface area contributed by atoms with Gasteiger partial charge in [0.1, 0.15) is 5.75 Å². The number of pyridine rings is 1. The molecule has 0 aliphatic rings. The summed E-state index contributed by atoms with van der Waals surface area (Å²) in [5.41, 5.74) is 1.09.